The molecule has 0 aliphatic carbocycles. The van der Waals surface area contributed by atoms with Gasteiger partial charge in [-0.25, -0.2) is 4.98 Å². The maximum atomic E-state index is 11.4. The summed E-state index contributed by atoms with van der Waals surface area (Å²) in [6.07, 6.45) is 1.59. The zero-order valence-corrected chi connectivity index (χ0v) is 9.34. The van der Waals surface area contributed by atoms with Gasteiger partial charge in [0.05, 0.1) is 6.61 Å². The lowest BCUT2D eigenvalue weighted by atomic mass is 10.2. The second-order valence-corrected chi connectivity index (χ2v) is 3.65. The Morgan fingerprint density at radius 2 is 2.43 bits per heavy atom. The maximum Gasteiger partial charge on any atom is 0.269 e. The summed E-state index contributed by atoms with van der Waals surface area (Å²) in [5.74, 6) is -0.269. The number of aliphatic hydroxyl groups excluding tert-OH is 1. The number of nitrogens with one attached hydrogen (secondary N) is 1. The SMILES string of the molecule is Cc1cc(C(=O)NCCO)ncc1Br. The third-order valence-corrected chi connectivity index (χ3v) is 2.51. The maximum absolute atomic E-state index is 11.4. The highest BCUT2D eigenvalue weighted by molar-refractivity contribution is 9.10. The largest absolute Gasteiger partial charge is 0.395 e. The number of pyridine rings is 1. The number of hydrogen-bond donors (Lipinski definition) is 2. The van der Waals surface area contributed by atoms with E-state index in [-0.39, 0.29) is 19.1 Å². The topological polar surface area (TPSA) is 62.2 Å². The Kier molecular flexibility index (Phi) is 4.03. The van der Waals surface area contributed by atoms with Gasteiger partial charge < -0.3 is 10.4 Å². The summed E-state index contributed by atoms with van der Waals surface area (Å²) in [6.45, 7) is 2.06. The van der Waals surface area contributed by atoms with Crippen molar-refractivity contribution in [1.29, 1.82) is 0 Å². The van der Waals surface area contributed by atoms with E-state index in [1.165, 1.54) is 0 Å². The average molecular weight is 259 g/mol. The first-order valence-corrected chi connectivity index (χ1v) is 4.95. The van der Waals surface area contributed by atoms with Gasteiger partial charge in [-0.05, 0) is 34.5 Å². The van der Waals surface area contributed by atoms with Crippen LogP contribution in [0.4, 0.5) is 0 Å². The van der Waals surface area contributed by atoms with Crippen molar-refractivity contribution in [2.75, 3.05) is 13.2 Å². The number of carbonyl (C=O) groups excluding carboxylic acids is 1. The first-order chi connectivity index (χ1) is 6.65. The lowest BCUT2D eigenvalue weighted by Gasteiger charge is -2.03. The molecule has 0 spiro atoms. The number of rotatable bonds is 3. The molecule has 0 aliphatic heterocycles. The molecule has 0 aromatic carbocycles. The predicted molar refractivity (Wildman–Crippen MR) is 56.1 cm³/mol. The second kappa shape index (κ2) is 5.07. The Bertz CT molecular complexity index is 342. The van der Waals surface area contributed by atoms with Gasteiger partial charge in [0, 0.05) is 17.2 Å². The van der Waals surface area contributed by atoms with Crippen LogP contribution < -0.4 is 5.32 Å². The van der Waals surface area contributed by atoms with E-state index in [2.05, 4.69) is 26.2 Å². The van der Waals surface area contributed by atoms with Gasteiger partial charge in [-0.15, -0.1) is 0 Å². The number of hydrogen-bond acceptors (Lipinski definition) is 3. The summed E-state index contributed by atoms with van der Waals surface area (Å²) < 4.78 is 0.871. The molecule has 0 saturated heterocycles. The van der Waals surface area contributed by atoms with Crippen molar-refractivity contribution in [2.24, 2.45) is 0 Å². The van der Waals surface area contributed by atoms with Gasteiger partial charge in [0.25, 0.3) is 5.91 Å². The summed E-state index contributed by atoms with van der Waals surface area (Å²) in [6, 6.07) is 1.69. The number of amides is 1. The second-order valence-electron chi connectivity index (χ2n) is 2.80. The van der Waals surface area contributed by atoms with E-state index in [0.29, 0.717) is 5.69 Å². The van der Waals surface area contributed by atoms with Crippen molar-refractivity contribution in [1.82, 2.24) is 10.3 Å². The Labute approximate surface area is 90.5 Å². The predicted octanol–water partition coefficient (Wildman–Crippen LogP) is 0.875. The van der Waals surface area contributed by atoms with Gasteiger partial charge in [0.1, 0.15) is 5.69 Å². The van der Waals surface area contributed by atoms with Gasteiger partial charge >= 0.3 is 0 Å². The van der Waals surface area contributed by atoms with Gasteiger partial charge in [0.2, 0.25) is 0 Å². The number of aryl methyl sites for hydroxylation is 1. The number of halogens is 1. The van der Waals surface area contributed by atoms with Crippen LogP contribution in [0.3, 0.4) is 0 Å². The molecule has 0 bridgehead atoms. The third kappa shape index (κ3) is 2.78. The molecule has 0 atom stereocenters. The fourth-order valence-corrected chi connectivity index (χ4v) is 1.14. The van der Waals surface area contributed by atoms with Gasteiger partial charge in [-0.1, -0.05) is 0 Å². The normalized spacial score (nSPS) is 9.93. The summed E-state index contributed by atoms with van der Waals surface area (Å²) in [4.78, 5) is 15.3. The highest BCUT2D eigenvalue weighted by Gasteiger charge is 2.07. The van der Waals surface area contributed by atoms with E-state index >= 15 is 0 Å². The standard InChI is InChI=1S/C9H11BrN2O2/c1-6-4-8(12-5-7(6)10)9(14)11-2-3-13/h4-5,13H,2-3H2,1H3,(H,11,14). The Morgan fingerprint density at radius 1 is 1.71 bits per heavy atom. The quantitative estimate of drug-likeness (QED) is 0.846. The van der Waals surface area contributed by atoms with E-state index in [9.17, 15) is 4.79 Å². The molecule has 0 radical (unpaired) electrons. The van der Waals surface area contributed by atoms with Crippen LogP contribution in [-0.4, -0.2) is 29.1 Å². The molecule has 1 amide bonds. The zero-order valence-electron chi connectivity index (χ0n) is 7.75. The van der Waals surface area contributed by atoms with Crippen molar-refractivity contribution in [2.45, 2.75) is 6.92 Å². The molecular weight excluding hydrogens is 248 g/mol. The highest BCUT2D eigenvalue weighted by atomic mass is 79.9. The Morgan fingerprint density at radius 3 is 3.00 bits per heavy atom. The molecule has 1 aromatic rings. The summed E-state index contributed by atoms with van der Waals surface area (Å²) >= 11 is 3.30. The summed E-state index contributed by atoms with van der Waals surface area (Å²) in [7, 11) is 0. The Hall–Kier alpha value is -0.940. The lowest BCUT2D eigenvalue weighted by Crippen LogP contribution is -2.27. The summed E-state index contributed by atoms with van der Waals surface area (Å²) in [5, 5.41) is 11.0. The van der Waals surface area contributed by atoms with E-state index in [4.69, 9.17) is 5.11 Å². The van der Waals surface area contributed by atoms with Crippen LogP contribution in [-0.2, 0) is 0 Å². The van der Waals surface area contributed by atoms with Crippen LogP contribution in [0, 0.1) is 6.92 Å². The van der Waals surface area contributed by atoms with E-state index < -0.39 is 0 Å². The molecule has 0 aliphatic rings. The van der Waals surface area contributed by atoms with E-state index in [1.807, 2.05) is 6.92 Å². The molecule has 0 fully saturated rings. The van der Waals surface area contributed by atoms with Crippen molar-refractivity contribution in [3.63, 3.8) is 0 Å². The van der Waals surface area contributed by atoms with Crippen molar-refractivity contribution in [3.05, 3.63) is 28.0 Å². The first-order valence-electron chi connectivity index (χ1n) is 4.16. The number of nitrogens with zero attached hydrogens (tertiary/aromatic N) is 1. The van der Waals surface area contributed by atoms with Crippen LogP contribution in [0.2, 0.25) is 0 Å². The monoisotopic (exact) mass is 258 g/mol. The molecule has 4 nitrogen and oxygen atoms in total. The molecule has 5 heteroatoms. The van der Waals surface area contributed by atoms with Crippen LogP contribution >= 0.6 is 15.9 Å². The average Bonchev–Trinajstić information content (AvgIpc) is 2.18. The molecule has 1 heterocycles. The van der Waals surface area contributed by atoms with Crippen molar-refractivity contribution >= 4 is 21.8 Å². The molecule has 2 N–H and O–H groups in total. The van der Waals surface area contributed by atoms with E-state index in [0.717, 1.165) is 10.0 Å². The van der Waals surface area contributed by atoms with Crippen LogP contribution in [0.1, 0.15) is 16.1 Å². The third-order valence-electron chi connectivity index (χ3n) is 1.68. The minimum Gasteiger partial charge on any atom is -0.395 e. The van der Waals surface area contributed by atoms with Gasteiger partial charge in [0.15, 0.2) is 0 Å². The molecule has 76 valence electrons. The summed E-state index contributed by atoms with van der Waals surface area (Å²) in [5.41, 5.74) is 1.31. The van der Waals surface area contributed by atoms with Gasteiger partial charge in [-0.2, -0.15) is 0 Å². The smallest absolute Gasteiger partial charge is 0.269 e. The number of aliphatic hydroxyl groups is 1. The molecular formula is C9H11BrN2O2. The highest BCUT2D eigenvalue weighted by Crippen LogP contribution is 2.14. The van der Waals surface area contributed by atoms with Crippen LogP contribution in [0.5, 0.6) is 0 Å². The molecule has 0 unspecified atom stereocenters. The minimum atomic E-state index is -0.269. The van der Waals surface area contributed by atoms with Crippen molar-refractivity contribution in [3.8, 4) is 0 Å². The molecule has 1 rings (SSSR count). The first kappa shape index (κ1) is 11.1. The van der Waals surface area contributed by atoms with E-state index in [1.54, 1.807) is 12.3 Å². The van der Waals surface area contributed by atoms with Gasteiger partial charge in [-0.3, -0.25) is 4.79 Å². The minimum absolute atomic E-state index is 0.0682. The molecule has 1 aromatic heterocycles. The molecule has 14 heavy (non-hydrogen) atoms. The van der Waals surface area contributed by atoms with Crippen LogP contribution in [0.15, 0.2) is 16.7 Å². The fourth-order valence-electron chi connectivity index (χ4n) is 0.923. The van der Waals surface area contributed by atoms with Crippen molar-refractivity contribution < 1.29 is 9.90 Å². The lowest BCUT2D eigenvalue weighted by molar-refractivity contribution is 0.0939. The zero-order chi connectivity index (χ0) is 10.6. The Balaban J connectivity index is 2.76. The fraction of sp³-hybridized carbons (Fsp3) is 0.333. The number of carbonyl (C=O) groups is 1. The molecule has 0 saturated carbocycles. The van der Waals surface area contributed by atoms with Crippen LogP contribution in [0.25, 0.3) is 0 Å². The number of aromatic nitrogens is 1.